The first-order valence-electron chi connectivity index (χ1n) is 7.09. The van der Waals surface area contributed by atoms with Gasteiger partial charge in [0.15, 0.2) is 0 Å². The molecule has 2 N–H and O–H groups in total. The fourth-order valence-corrected chi connectivity index (χ4v) is 3.12. The molecule has 1 aliphatic carbocycles. The summed E-state index contributed by atoms with van der Waals surface area (Å²) in [5.41, 5.74) is 10.3. The predicted molar refractivity (Wildman–Crippen MR) is 77.9 cm³/mol. The Labute approximate surface area is 114 Å². The highest BCUT2D eigenvalue weighted by atomic mass is 14.8. The van der Waals surface area contributed by atoms with E-state index in [-0.39, 0.29) is 6.04 Å². The molecule has 19 heavy (non-hydrogen) atoms. The molecule has 0 bridgehead atoms. The summed E-state index contributed by atoms with van der Waals surface area (Å²) in [4.78, 5) is 4.38. The van der Waals surface area contributed by atoms with Crippen LogP contribution in [0.5, 0.6) is 0 Å². The van der Waals surface area contributed by atoms with Crippen LogP contribution in [0, 0.1) is 0 Å². The third-order valence-electron chi connectivity index (χ3n) is 4.10. The van der Waals surface area contributed by atoms with Gasteiger partial charge in [-0.25, -0.2) is 0 Å². The molecule has 0 radical (unpaired) electrons. The normalized spacial score (nSPS) is 19.7. The minimum atomic E-state index is 0.0392. The van der Waals surface area contributed by atoms with E-state index >= 15 is 0 Å². The molecule has 98 valence electrons. The number of aromatic nitrogens is 1. The molecule has 2 unspecified atom stereocenters. The molecule has 2 aromatic rings. The van der Waals surface area contributed by atoms with Crippen molar-refractivity contribution in [3.8, 4) is 0 Å². The number of nitrogens with zero attached hydrogens (tertiary/aromatic N) is 1. The largest absolute Gasteiger partial charge is 0.323 e. The number of benzene rings is 1. The van der Waals surface area contributed by atoms with Crippen molar-refractivity contribution in [3.63, 3.8) is 0 Å². The molecule has 0 saturated carbocycles. The molecular formula is C17H20N2. The van der Waals surface area contributed by atoms with Gasteiger partial charge >= 0.3 is 0 Å². The topological polar surface area (TPSA) is 38.9 Å². The van der Waals surface area contributed by atoms with Gasteiger partial charge < -0.3 is 5.73 Å². The molecule has 2 atom stereocenters. The van der Waals surface area contributed by atoms with E-state index in [2.05, 4.69) is 29.2 Å². The Kier molecular flexibility index (Phi) is 3.60. The first-order chi connectivity index (χ1) is 9.34. The Hall–Kier alpha value is -1.67. The van der Waals surface area contributed by atoms with Gasteiger partial charge in [0, 0.05) is 12.2 Å². The first-order valence-corrected chi connectivity index (χ1v) is 7.09. The van der Waals surface area contributed by atoms with E-state index in [9.17, 15) is 0 Å². The van der Waals surface area contributed by atoms with Crippen LogP contribution in [-0.4, -0.2) is 4.98 Å². The van der Waals surface area contributed by atoms with Gasteiger partial charge in [-0.3, -0.25) is 4.98 Å². The van der Waals surface area contributed by atoms with E-state index < -0.39 is 0 Å². The maximum atomic E-state index is 6.32. The van der Waals surface area contributed by atoms with Gasteiger partial charge in [0.25, 0.3) is 0 Å². The Bertz CT molecular complexity index is 536. The standard InChI is InChI=1S/C17H20N2/c18-16(17-10-3-4-11-19-17)12-14-8-5-7-13-6-1-2-9-15(13)14/h1-4,6,9-11,14,16H,5,7-8,12,18H2. The Balaban J connectivity index is 1.78. The van der Waals surface area contributed by atoms with Gasteiger partial charge in [0.2, 0.25) is 0 Å². The number of pyridine rings is 1. The van der Waals surface area contributed by atoms with E-state index in [1.165, 1.54) is 30.4 Å². The van der Waals surface area contributed by atoms with Crippen LogP contribution in [0.3, 0.4) is 0 Å². The monoisotopic (exact) mass is 252 g/mol. The molecule has 1 aliphatic rings. The van der Waals surface area contributed by atoms with Gasteiger partial charge in [-0.1, -0.05) is 30.3 Å². The van der Waals surface area contributed by atoms with Crippen molar-refractivity contribution in [1.82, 2.24) is 4.98 Å². The average Bonchev–Trinajstić information content (AvgIpc) is 2.48. The highest BCUT2D eigenvalue weighted by molar-refractivity contribution is 5.33. The highest BCUT2D eigenvalue weighted by Gasteiger charge is 2.22. The first kappa shape index (κ1) is 12.4. The zero-order chi connectivity index (χ0) is 13.1. The summed E-state index contributed by atoms with van der Waals surface area (Å²) < 4.78 is 0. The summed E-state index contributed by atoms with van der Waals surface area (Å²) in [5, 5.41) is 0. The fraction of sp³-hybridized carbons (Fsp3) is 0.353. The van der Waals surface area contributed by atoms with Crippen molar-refractivity contribution in [3.05, 3.63) is 65.5 Å². The van der Waals surface area contributed by atoms with Crippen LogP contribution in [-0.2, 0) is 6.42 Å². The van der Waals surface area contributed by atoms with Gasteiger partial charge in [-0.15, -0.1) is 0 Å². The van der Waals surface area contributed by atoms with Crippen LogP contribution in [0.25, 0.3) is 0 Å². The van der Waals surface area contributed by atoms with Gasteiger partial charge in [-0.05, 0) is 54.9 Å². The van der Waals surface area contributed by atoms with E-state index in [1.54, 1.807) is 0 Å². The predicted octanol–water partition coefficient (Wildman–Crippen LogP) is 3.59. The summed E-state index contributed by atoms with van der Waals surface area (Å²) in [5.74, 6) is 0.585. The number of fused-ring (bicyclic) bond motifs is 1. The summed E-state index contributed by atoms with van der Waals surface area (Å²) in [6.45, 7) is 0. The molecule has 0 fully saturated rings. The maximum absolute atomic E-state index is 6.32. The van der Waals surface area contributed by atoms with Crippen molar-refractivity contribution in [2.24, 2.45) is 5.73 Å². The lowest BCUT2D eigenvalue weighted by Crippen LogP contribution is -2.18. The van der Waals surface area contributed by atoms with Crippen molar-refractivity contribution in [2.75, 3.05) is 0 Å². The molecule has 0 aliphatic heterocycles. The summed E-state index contributed by atoms with van der Waals surface area (Å²) in [6.07, 6.45) is 6.55. The van der Waals surface area contributed by atoms with Gasteiger partial charge in [-0.2, -0.15) is 0 Å². The van der Waals surface area contributed by atoms with Crippen LogP contribution < -0.4 is 5.73 Å². The molecule has 3 rings (SSSR count). The van der Waals surface area contributed by atoms with E-state index in [0.29, 0.717) is 5.92 Å². The van der Waals surface area contributed by atoms with Crippen molar-refractivity contribution < 1.29 is 0 Å². The molecule has 1 aromatic heterocycles. The second-order valence-electron chi connectivity index (χ2n) is 5.38. The molecule has 1 heterocycles. The third-order valence-corrected chi connectivity index (χ3v) is 4.10. The van der Waals surface area contributed by atoms with Crippen LogP contribution in [0.1, 0.15) is 48.0 Å². The summed E-state index contributed by atoms with van der Waals surface area (Å²) in [7, 11) is 0. The molecule has 2 heteroatoms. The van der Waals surface area contributed by atoms with E-state index in [0.717, 1.165) is 12.1 Å². The van der Waals surface area contributed by atoms with Gasteiger partial charge in [0.1, 0.15) is 0 Å². The van der Waals surface area contributed by atoms with Crippen LogP contribution >= 0.6 is 0 Å². The van der Waals surface area contributed by atoms with Crippen LogP contribution in [0.4, 0.5) is 0 Å². The number of nitrogens with two attached hydrogens (primary N) is 1. The van der Waals surface area contributed by atoms with Crippen LogP contribution in [0.2, 0.25) is 0 Å². The zero-order valence-electron chi connectivity index (χ0n) is 11.1. The molecular weight excluding hydrogens is 232 g/mol. The quantitative estimate of drug-likeness (QED) is 0.906. The van der Waals surface area contributed by atoms with Gasteiger partial charge in [0.05, 0.1) is 5.69 Å². The van der Waals surface area contributed by atoms with E-state index in [1.807, 2.05) is 24.4 Å². The molecule has 0 saturated heterocycles. The average molecular weight is 252 g/mol. The lowest BCUT2D eigenvalue weighted by atomic mass is 9.79. The minimum Gasteiger partial charge on any atom is -0.323 e. The number of hydrogen-bond acceptors (Lipinski definition) is 2. The van der Waals surface area contributed by atoms with E-state index in [4.69, 9.17) is 5.73 Å². The number of hydrogen-bond donors (Lipinski definition) is 1. The molecule has 1 aromatic carbocycles. The molecule has 0 spiro atoms. The molecule has 0 amide bonds. The lowest BCUT2D eigenvalue weighted by Gasteiger charge is -2.27. The lowest BCUT2D eigenvalue weighted by molar-refractivity contribution is 0.471. The molecule has 2 nitrogen and oxygen atoms in total. The van der Waals surface area contributed by atoms with Crippen molar-refractivity contribution in [1.29, 1.82) is 0 Å². The Morgan fingerprint density at radius 2 is 2.00 bits per heavy atom. The smallest absolute Gasteiger partial charge is 0.0571 e. The van der Waals surface area contributed by atoms with Crippen molar-refractivity contribution >= 4 is 0 Å². The fourth-order valence-electron chi connectivity index (χ4n) is 3.12. The Morgan fingerprint density at radius 1 is 1.16 bits per heavy atom. The second-order valence-corrected chi connectivity index (χ2v) is 5.38. The van der Waals surface area contributed by atoms with Crippen molar-refractivity contribution in [2.45, 2.75) is 37.6 Å². The van der Waals surface area contributed by atoms with Crippen LogP contribution in [0.15, 0.2) is 48.7 Å². The maximum Gasteiger partial charge on any atom is 0.0571 e. The minimum absolute atomic E-state index is 0.0392. The number of aryl methyl sites for hydroxylation is 1. The SMILES string of the molecule is NC(CC1CCCc2ccccc21)c1ccccn1. The Morgan fingerprint density at radius 3 is 2.84 bits per heavy atom. The third kappa shape index (κ3) is 2.69. The summed E-state index contributed by atoms with van der Waals surface area (Å²) >= 11 is 0. The highest BCUT2D eigenvalue weighted by Crippen LogP contribution is 2.36. The second kappa shape index (κ2) is 5.54. The zero-order valence-corrected chi connectivity index (χ0v) is 11.1. The number of rotatable bonds is 3. The summed E-state index contributed by atoms with van der Waals surface area (Å²) in [6, 6.07) is 14.8.